The summed E-state index contributed by atoms with van der Waals surface area (Å²) in [6.07, 6.45) is 7.42. The van der Waals surface area contributed by atoms with Crippen molar-refractivity contribution in [2.75, 3.05) is 0 Å². The molecular weight excluding hydrogens is 210 g/mol. The predicted molar refractivity (Wildman–Crippen MR) is 74.1 cm³/mol. The maximum atomic E-state index is 6.37. The molecule has 0 spiro atoms. The second-order valence-electron chi connectivity index (χ2n) is 5.55. The monoisotopic (exact) mass is 241 g/mol. The number of rotatable bonds is 7. The number of nitrogens with one attached hydrogen (secondary N) is 1. The molecular formula is C15H31NO. The zero-order valence-electron chi connectivity index (χ0n) is 12.4. The first-order valence-electron chi connectivity index (χ1n) is 7.57. The van der Waals surface area contributed by atoms with Crippen LogP contribution in [0.5, 0.6) is 0 Å². The van der Waals surface area contributed by atoms with E-state index in [1.54, 1.807) is 0 Å². The van der Waals surface area contributed by atoms with Crippen molar-refractivity contribution in [3.05, 3.63) is 0 Å². The van der Waals surface area contributed by atoms with E-state index < -0.39 is 0 Å². The van der Waals surface area contributed by atoms with Gasteiger partial charge in [0.25, 0.3) is 0 Å². The Kier molecular flexibility index (Phi) is 5.94. The van der Waals surface area contributed by atoms with Gasteiger partial charge in [0.15, 0.2) is 0 Å². The zero-order valence-corrected chi connectivity index (χ0v) is 12.4. The van der Waals surface area contributed by atoms with Crippen molar-refractivity contribution in [1.82, 2.24) is 5.32 Å². The molecule has 0 saturated carbocycles. The van der Waals surface area contributed by atoms with E-state index in [1.807, 2.05) is 0 Å². The molecule has 0 aromatic carbocycles. The Balaban J connectivity index is 2.71. The maximum Gasteiger partial charge on any atom is 0.109 e. The van der Waals surface area contributed by atoms with E-state index in [9.17, 15) is 0 Å². The topological polar surface area (TPSA) is 21.3 Å². The van der Waals surface area contributed by atoms with E-state index in [1.165, 1.54) is 19.3 Å². The first kappa shape index (κ1) is 15.0. The van der Waals surface area contributed by atoms with Gasteiger partial charge in [0, 0.05) is 6.04 Å². The predicted octanol–water partition coefficient (Wildman–Crippen LogP) is 4.10. The lowest BCUT2D eigenvalue weighted by Gasteiger charge is -2.35. The smallest absolute Gasteiger partial charge is 0.109 e. The van der Waals surface area contributed by atoms with Gasteiger partial charge in [-0.25, -0.2) is 0 Å². The molecule has 3 atom stereocenters. The molecule has 3 unspecified atom stereocenters. The molecule has 1 saturated heterocycles. The van der Waals surface area contributed by atoms with Crippen LogP contribution in [-0.2, 0) is 4.74 Å². The summed E-state index contributed by atoms with van der Waals surface area (Å²) in [5.74, 6) is 0.696. The Hall–Kier alpha value is -0.0800. The summed E-state index contributed by atoms with van der Waals surface area (Å²) < 4.78 is 6.37. The van der Waals surface area contributed by atoms with E-state index in [-0.39, 0.29) is 11.8 Å². The van der Waals surface area contributed by atoms with Crippen LogP contribution in [0.15, 0.2) is 0 Å². The van der Waals surface area contributed by atoms with Gasteiger partial charge in [-0.3, -0.25) is 5.32 Å². The second-order valence-corrected chi connectivity index (χ2v) is 5.55. The van der Waals surface area contributed by atoms with Gasteiger partial charge >= 0.3 is 0 Å². The lowest BCUT2D eigenvalue weighted by atomic mass is 9.81. The van der Waals surface area contributed by atoms with Crippen molar-refractivity contribution in [3.63, 3.8) is 0 Å². The van der Waals surface area contributed by atoms with Gasteiger partial charge < -0.3 is 4.74 Å². The summed E-state index contributed by atoms with van der Waals surface area (Å²) in [6.45, 7) is 11.4. The largest absolute Gasteiger partial charge is 0.355 e. The maximum absolute atomic E-state index is 6.37. The molecule has 1 rings (SSSR count). The summed E-state index contributed by atoms with van der Waals surface area (Å²) in [4.78, 5) is 0. The Morgan fingerprint density at radius 3 is 2.29 bits per heavy atom. The molecule has 0 aliphatic carbocycles. The molecule has 2 heteroatoms. The Morgan fingerprint density at radius 2 is 1.82 bits per heavy atom. The third-order valence-electron chi connectivity index (χ3n) is 4.54. The van der Waals surface area contributed by atoms with Crippen LogP contribution in [0.1, 0.15) is 73.1 Å². The van der Waals surface area contributed by atoms with Crippen LogP contribution in [0, 0.1) is 5.92 Å². The Morgan fingerprint density at radius 1 is 1.18 bits per heavy atom. The average Bonchev–Trinajstić information content (AvgIpc) is 2.75. The second kappa shape index (κ2) is 6.75. The molecule has 2 nitrogen and oxygen atoms in total. The molecule has 0 radical (unpaired) electrons. The van der Waals surface area contributed by atoms with E-state index >= 15 is 0 Å². The molecule has 1 N–H and O–H groups in total. The highest BCUT2D eigenvalue weighted by Gasteiger charge is 2.47. The summed E-state index contributed by atoms with van der Waals surface area (Å²) in [7, 11) is 0. The van der Waals surface area contributed by atoms with Crippen molar-refractivity contribution in [1.29, 1.82) is 0 Å². The quantitative estimate of drug-likeness (QED) is 0.724. The number of unbranched alkanes of at least 4 members (excludes halogenated alkanes) is 1. The highest BCUT2D eigenvalue weighted by Crippen LogP contribution is 2.37. The highest BCUT2D eigenvalue weighted by molar-refractivity contribution is 4.99. The fourth-order valence-corrected chi connectivity index (χ4v) is 3.05. The van der Waals surface area contributed by atoms with Gasteiger partial charge in [0.05, 0.1) is 5.60 Å². The molecule has 1 aliphatic rings. The number of hydrogen-bond acceptors (Lipinski definition) is 2. The van der Waals surface area contributed by atoms with E-state index in [4.69, 9.17) is 4.74 Å². The minimum absolute atomic E-state index is 0.0772. The van der Waals surface area contributed by atoms with Gasteiger partial charge in [0.1, 0.15) is 6.23 Å². The lowest BCUT2D eigenvalue weighted by molar-refractivity contribution is -0.0614. The molecule has 0 bridgehead atoms. The Bertz CT molecular complexity index is 213. The van der Waals surface area contributed by atoms with E-state index in [2.05, 4.69) is 39.9 Å². The minimum atomic E-state index is 0.0772. The third kappa shape index (κ3) is 3.23. The fraction of sp³-hybridized carbons (Fsp3) is 1.00. The van der Waals surface area contributed by atoms with Crippen LogP contribution in [0.2, 0.25) is 0 Å². The van der Waals surface area contributed by atoms with Crippen LogP contribution < -0.4 is 5.32 Å². The van der Waals surface area contributed by atoms with Crippen molar-refractivity contribution in [3.8, 4) is 0 Å². The van der Waals surface area contributed by atoms with Gasteiger partial charge in [-0.05, 0) is 31.6 Å². The molecule has 1 fully saturated rings. The van der Waals surface area contributed by atoms with Crippen molar-refractivity contribution >= 4 is 0 Å². The molecule has 102 valence electrons. The van der Waals surface area contributed by atoms with Crippen LogP contribution in [0.25, 0.3) is 0 Å². The number of ether oxygens (including phenoxy) is 1. The SMILES string of the molecule is CCCCC1NC(C(C)CC)C(CC)(CC)O1. The van der Waals surface area contributed by atoms with Crippen molar-refractivity contribution < 1.29 is 4.74 Å². The third-order valence-corrected chi connectivity index (χ3v) is 4.54. The van der Waals surface area contributed by atoms with Crippen molar-refractivity contribution in [2.24, 2.45) is 5.92 Å². The van der Waals surface area contributed by atoms with Crippen LogP contribution >= 0.6 is 0 Å². The summed E-state index contributed by atoms with van der Waals surface area (Å²) in [5, 5.41) is 3.75. The van der Waals surface area contributed by atoms with Crippen LogP contribution in [0.3, 0.4) is 0 Å². The normalized spacial score (nSPS) is 29.5. The van der Waals surface area contributed by atoms with Gasteiger partial charge in [-0.15, -0.1) is 0 Å². The molecule has 0 amide bonds. The van der Waals surface area contributed by atoms with Gasteiger partial charge in [-0.1, -0.05) is 47.5 Å². The highest BCUT2D eigenvalue weighted by atomic mass is 16.5. The first-order chi connectivity index (χ1) is 8.13. The van der Waals surface area contributed by atoms with Crippen LogP contribution in [0.4, 0.5) is 0 Å². The minimum Gasteiger partial charge on any atom is -0.355 e. The van der Waals surface area contributed by atoms with Gasteiger partial charge in [0.2, 0.25) is 0 Å². The Labute approximate surface area is 108 Å². The molecule has 0 aromatic heterocycles. The molecule has 1 heterocycles. The van der Waals surface area contributed by atoms with E-state index in [0.717, 1.165) is 19.3 Å². The summed E-state index contributed by atoms with van der Waals surface area (Å²) in [5.41, 5.74) is 0.0772. The standard InChI is InChI=1S/C15H31NO/c1-6-10-11-13-16-14(12(5)7-2)15(8-3,9-4)17-13/h12-14,16H,6-11H2,1-5H3. The molecule has 17 heavy (non-hydrogen) atoms. The summed E-state index contributed by atoms with van der Waals surface area (Å²) in [6, 6.07) is 0.532. The number of hydrogen-bond donors (Lipinski definition) is 1. The molecule has 1 aliphatic heterocycles. The average molecular weight is 241 g/mol. The van der Waals surface area contributed by atoms with Gasteiger partial charge in [-0.2, -0.15) is 0 Å². The lowest BCUT2D eigenvalue weighted by Crippen LogP contribution is -2.47. The van der Waals surface area contributed by atoms with E-state index in [0.29, 0.717) is 12.0 Å². The fourth-order valence-electron chi connectivity index (χ4n) is 3.05. The zero-order chi connectivity index (χ0) is 12.9. The van der Waals surface area contributed by atoms with Crippen molar-refractivity contribution in [2.45, 2.75) is 91.0 Å². The molecule has 0 aromatic rings. The first-order valence-corrected chi connectivity index (χ1v) is 7.57. The van der Waals surface area contributed by atoms with Crippen LogP contribution in [-0.4, -0.2) is 17.9 Å². The summed E-state index contributed by atoms with van der Waals surface area (Å²) >= 11 is 0.